The zero-order valence-electron chi connectivity index (χ0n) is 14.7. The number of nitrogens with zero attached hydrogens (tertiary/aromatic N) is 4. The van der Waals surface area contributed by atoms with Gasteiger partial charge >= 0.3 is 0 Å². The van der Waals surface area contributed by atoms with E-state index in [0.717, 1.165) is 37.0 Å². The van der Waals surface area contributed by atoms with Crippen LogP contribution in [0.25, 0.3) is 0 Å². The Balaban J connectivity index is 1.49. The summed E-state index contributed by atoms with van der Waals surface area (Å²) in [4.78, 5) is 4.56. The van der Waals surface area contributed by atoms with Crippen LogP contribution in [0, 0.1) is 12.8 Å². The molecule has 6 nitrogen and oxygen atoms in total. The van der Waals surface area contributed by atoms with Crippen molar-refractivity contribution >= 4 is 5.82 Å². The second-order valence-corrected chi connectivity index (χ2v) is 6.75. The van der Waals surface area contributed by atoms with Crippen LogP contribution in [0.3, 0.4) is 0 Å². The predicted molar refractivity (Wildman–Crippen MR) is 98.4 cm³/mol. The molecule has 1 aliphatic rings. The first-order chi connectivity index (χ1) is 12.2. The fraction of sp³-hybridized carbons (Fsp3) is 0.368. The summed E-state index contributed by atoms with van der Waals surface area (Å²) >= 11 is 0. The zero-order chi connectivity index (χ0) is 17.2. The van der Waals surface area contributed by atoms with Crippen LogP contribution in [0.5, 0.6) is 0 Å². The van der Waals surface area contributed by atoms with Gasteiger partial charge in [0.25, 0.3) is 0 Å². The molecule has 3 heterocycles. The third-order valence-electron chi connectivity index (χ3n) is 4.77. The molecule has 25 heavy (non-hydrogen) atoms. The minimum Gasteiger partial charge on any atom is -0.370 e. The lowest BCUT2D eigenvalue weighted by Crippen LogP contribution is -2.37. The minimum absolute atomic E-state index is 0.0851. The van der Waals surface area contributed by atoms with Crippen molar-refractivity contribution in [1.82, 2.24) is 24.6 Å². The van der Waals surface area contributed by atoms with Crippen LogP contribution >= 0.6 is 0 Å². The van der Waals surface area contributed by atoms with Gasteiger partial charge in [0.1, 0.15) is 11.6 Å². The monoisotopic (exact) mass is 336 g/mol. The molecule has 0 amide bonds. The maximum atomic E-state index is 4.56. The molecule has 2 atom stereocenters. The van der Waals surface area contributed by atoms with Crippen molar-refractivity contribution in [1.29, 1.82) is 0 Å². The standard InChI is InChI=1S/C19H24N6/c1-14-10-17-21-11-15(13-25(17)23-14)12-22-18(16-6-4-3-5-7-16)19-20-8-9-24(19)2/h3-10,15,18,21-22H,11-13H2,1-2H3/t15-,18-/m1/s1. The van der Waals surface area contributed by atoms with E-state index in [-0.39, 0.29) is 6.04 Å². The molecular formula is C19H24N6. The zero-order valence-corrected chi connectivity index (χ0v) is 14.7. The second kappa shape index (κ2) is 6.72. The lowest BCUT2D eigenvalue weighted by atomic mass is 10.0. The Kier molecular flexibility index (Phi) is 4.28. The van der Waals surface area contributed by atoms with Crippen molar-refractivity contribution in [3.8, 4) is 0 Å². The third kappa shape index (κ3) is 3.30. The number of benzene rings is 1. The number of aromatic nitrogens is 4. The number of nitrogens with one attached hydrogen (secondary N) is 2. The molecule has 0 unspecified atom stereocenters. The van der Waals surface area contributed by atoms with Crippen LogP contribution in [0.4, 0.5) is 5.82 Å². The molecule has 0 saturated heterocycles. The van der Waals surface area contributed by atoms with Gasteiger partial charge in [-0.1, -0.05) is 30.3 Å². The lowest BCUT2D eigenvalue weighted by molar-refractivity contribution is 0.376. The van der Waals surface area contributed by atoms with Crippen LogP contribution in [-0.4, -0.2) is 32.4 Å². The molecule has 0 saturated carbocycles. The molecule has 0 radical (unpaired) electrons. The average Bonchev–Trinajstić information content (AvgIpc) is 3.20. The van der Waals surface area contributed by atoms with Crippen LogP contribution in [0.1, 0.15) is 23.1 Å². The van der Waals surface area contributed by atoms with E-state index in [0.29, 0.717) is 5.92 Å². The highest BCUT2D eigenvalue weighted by Gasteiger charge is 2.23. The van der Waals surface area contributed by atoms with E-state index >= 15 is 0 Å². The Morgan fingerprint density at radius 2 is 2.16 bits per heavy atom. The van der Waals surface area contributed by atoms with Gasteiger partial charge in [-0.15, -0.1) is 0 Å². The summed E-state index contributed by atoms with van der Waals surface area (Å²) in [7, 11) is 2.04. The Morgan fingerprint density at radius 1 is 1.32 bits per heavy atom. The number of imidazole rings is 1. The van der Waals surface area contributed by atoms with E-state index in [1.165, 1.54) is 5.56 Å². The molecule has 1 aliphatic heterocycles. The topological polar surface area (TPSA) is 59.7 Å². The van der Waals surface area contributed by atoms with E-state index in [4.69, 9.17) is 0 Å². The van der Waals surface area contributed by atoms with Gasteiger partial charge in [-0.25, -0.2) is 9.67 Å². The van der Waals surface area contributed by atoms with Gasteiger partial charge < -0.3 is 15.2 Å². The highest BCUT2D eigenvalue weighted by atomic mass is 15.3. The number of fused-ring (bicyclic) bond motifs is 1. The number of anilines is 1. The molecule has 4 rings (SSSR count). The Labute approximate surface area is 147 Å². The molecule has 0 bridgehead atoms. The minimum atomic E-state index is 0.0851. The summed E-state index contributed by atoms with van der Waals surface area (Å²) in [6.45, 7) is 4.83. The first-order valence-corrected chi connectivity index (χ1v) is 8.74. The molecule has 1 aromatic carbocycles. The fourth-order valence-corrected chi connectivity index (χ4v) is 3.47. The third-order valence-corrected chi connectivity index (χ3v) is 4.77. The van der Waals surface area contributed by atoms with Gasteiger partial charge in [0.05, 0.1) is 11.7 Å². The van der Waals surface area contributed by atoms with Crippen molar-refractivity contribution in [3.05, 3.63) is 65.9 Å². The predicted octanol–water partition coefficient (Wildman–Crippen LogP) is 2.35. The molecule has 0 fully saturated rings. The Bertz CT molecular complexity index is 835. The Hall–Kier alpha value is -2.60. The quantitative estimate of drug-likeness (QED) is 0.751. The first kappa shape index (κ1) is 15.9. The number of rotatable bonds is 5. The summed E-state index contributed by atoms with van der Waals surface area (Å²) < 4.78 is 4.15. The van der Waals surface area contributed by atoms with Gasteiger partial charge in [0.15, 0.2) is 0 Å². The molecule has 6 heteroatoms. The molecule has 130 valence electrons. The normalized spacial score (nSPS) is 17.8. The van der Waals surface area contributed by atoms with Crippen molar-refractivity contribution in [3.63, 3.8) is 0 Å². The van der Waals surface area contributed by atoms with Crippen LogP contribution in [0.2, 0.25) is 0 Å². The molecule has 2 aromatic heterocycles. The van der Waals surface area contributed by atoms with Gasteiger partial charge in [-0.05, 0) is 12.5 Å². The van der Waals surface area contributed by atoms with Crippen LogP contribution < -0.4 is 10.6 Å². The number of hydrogen-bond acceptors (Lipinski definition) is 4. The van der Waals surface area contributed by atoms with Gasteiger partial charge in [-0.2, -0.15) is 5.10 Å². The Morgan fingerprint density at radius 3 is 2.92 bits per heavy atom. The van der Waals surface area contributed by atoms with Gasteiger partial charge in [0, 0.05) is 51.1 Å². The van der Waals surface area contributed by atoms with Gasteiger partial charge in [0.2, 0.25) is 0 Å². The molecule has 0 aliphatic carbocycles. The summed E-state index contributed by atoms with van der Waals surface area (Å²) in [5.74, 6) is 2.64. The average molecular weight is 336 g/mol. The fourth-order valence-electron chi connectivity index (χ4n) is 3.47. The number of aryl methyl sites for hydroxylation is 2. The van der Waals surface area contributed by atoms with Crippen LogP contribution in [0.15, 0.2) is 48.8 Å². The van der Waals surface area contributed by atoms with Crippen molar-refractivity contribution in [2.75, 3.05) is 18.4 Å². The molecule has 2 N–H and O–H groups in total. The smallest absolute Gasteiger partial charge is 0.130 e. The molecule has 3 aromatic rings. The van der Waals surface area contributed by atoms with E-state index in [1.807, 2.05) is 32.4 Å². The highest BCUT2D eigenvalue weighted by molar-refractivity contribution is 5.38. The maximum absolute atomic E-state index is 4.56. The van der Waals surface area contributed by atoms with E-state index < -0.39 is 0 Å². The largest absolute Gasteiger partial charge is 0.370 e. The van der Waals surface area contributed by atoms with Gasteiger partial charge in [-0.3, -0.25) is 0 Å². The number of hydrogen-bond donors (Lipinski definition) is 2. The van der Waals surface area contributed by atoms with E-state index in [1.54, 1.807) is 0 Å². The van der Waals surface area contributed by atoms with Crippen molar-refractivity contribution in [2.24, 2.45) is 13.0 Å². The molecule has 0 spiro atoms. The summed E-state index contributed by atoms with van der Waals surface area (Å²) in [5, 5.41) is 11.8. The summed E-state index contributed by atoms with van der Waals surface area (Å²) in [6, 6.07) is 12.7. The van der Waals surface area contributed by atoms with Crippen LogP contribution in [-0.2, 0) is 13.6 Å². The van der Waals surface area contributed by atoms with Crippen molar-refractivity contribution in [2.45, 2.75) is 19.5 Å². The van der Waals surface area contributed by atoms with E-state index in [2.05, 4.69) is 60.3 Å². The summed E-state index contributed by atoms with van der Waals surface area (Å²) in [6.07, 6.45) is 3.85. The molecular weight excluding hydrogens is 312 g/mol. The first-order valence-electron chi connectivity index (χ1n) is 8.74. The second-order valence-electron chi connectivity index (χ2n) is 6.75. The highest BCUT2D eigenvalue weighted by Crippen LogP contribution is 2.22. The van der Waals surface area contributed by atoms with E-state index in [9.17, 15) is 0 Å². The summed E-state index contributed by atoms with van der Waals surface area (Å²) in [5.41, 5.74) is 2.29. The lowest BCUT2D eigenvalue weighted by Gasteiger charge is -2.27. The van der Waals surface area contributed by atoms with Crippen molar-refractivity contribution < 1.29 is 0 Å². The SMILES string of the molecule is Cc1cc2n(n1)C[C@@H](CN[C@H](c1ccccc1)c1nccn1C)CN2. The maximum Gasteiger partial charge on any atom is 0.130 e.